The molecule has 2 aliphatic heterocycles. The van der Waals surface area contributed by atoms with Crippen molar-refractivity contribution in [2.24, 2.45) is 0 Å². The monoisotopic (exact) mass is 427 g/mol. The van der Waals surface area contributed by atoms with Crippen molar-refractivity contribution in [2.75, 3.05) is 55.7 Å². The Hall–Kier alpha value is -1.31. The summed E-state index contributed by atoms with van der Waals surface area (Å²) in [5.41, 5.74) is 1.72. The SMILES string of the molecule is Cl.O=C(c1ccc(N2CCS(=O)(=O)CC2)cc1)N1CCCN(C2CCC2)CC1. The van der Waals surface area contributed by atoms with Gasteiger partial charge in [0.1, 0.15) is 0 Å². The number of anilines is 1. The first-order valence-electron chi connectivity index (χ1n) is 10.1. The van der Waals surface area contributed by atoms with E-state index in [1.165, 1.54) is 19.3 Å². The Morgan fingerprint density at radius 1 is 0.857 bits per heavy atom. The molecule has 1 aliphatic carbocycles. The molecule has 28 heavy (non-hydrogen) atoms. The maximum atomic E-state index is 12.9. The molecule has 3 fully saturated rings. The lowest BCUT2D eigenvalue weighted by atomic mass is 9.91. The van der Waals surface area contributed by atoms with Crippen LogP contribution in [0.25, 0.3) is 0 Å². The minimum absolute atomic E-state index is 0. The third-order valence-electron chi connectivity index (χ3n) is 6.23. The molecule has 1 saturated carbocycles. The van der Waals surface area contributed by atoms with Gasteiger partial charge in [0.15, 0.2) is 9.84 Å². The van der Waals surface area contributed by atoms with Gasteiger partial charge in [-0.25, -0.2) is 8.42 Å². The van der Waals surface area contributed by atoms with Crippen molar-refractivity contribution < 1.29 is 13.2 Å². The van der Waals surface area contributed by atoms with E-state index in [1.54, 1.807) is 0 Å². The van der Waals surface area contributed by atoms with E-state index < -0.39 is 9.84 Å². The number of hydrogen-bond acceptors (Lipinski definition) is 5. The molecule has 0 aromatic heterocycles. The Kier molecular flexibility index (Phi) is 6.89. The lowest BCUT2D eigenvalue weighted by molar-refractivity contribution is 0.0749. The second-order valence-electron chi connectivity index (χ2n) is 7.95. The summed E-state index contributed by atoms with van der Waals surface area (Å²) < 4.78 is 23.2. The second kappa shape index (κ2) is 9.01. The highest BCUT2D eigenvalue weighted by Crippen LogP contribution is 2.26. The van der Waals surface area contributed by atoms with Crippen LogP contribution in [-0.4, -0.2) is 80.9 Å². The first kappa shape index (κ1) is 21.4. The van der Waals surface area contributed by atoms with Crippen molar-refractivity contribution in [2.45, 2.75) is 31.7 Å². The zero-order chi connectivity index (χ0) is 18.9. The lowest BCUT2D eigenvalue weighted by Crippen LogP contribution is -2.42. The molecule has 0 atom stereocenters. The first-order chi connectivity index (χ1) is 13.0. The average molecular weight is 428 g/mol. The van der Waals surface area contributed by atoms with E-state index in [1.807, 2.05) is 29.2 Å². The van der Waals surface area contributed by atoms with Crippen molar-refractivity contribution in [1.29, 1.82) is 0 Å². The summed E-state index contributed by atoms with van der Waals surface area (Å²) in [5, 5.41) is 0. The molecule has 2 heterocycles. The fraction of sp³-hybridized carbons (Fsp3) is 0.650. The van der Waals surface area contributed by atoms with E-state index in [2.05, 4.69) is 9.80 Å². The molecular weight excluding hydrogens is 398 g/mol. The molecule has 4 rings (SSSR count). The summed E-state index contributed by atoms with van der Waals surface area (Å²) in [4.78, 5) is 19.5. The predicted octanol–water partition coefficient (Wildman–Crippen LogP) is 2.04. The molecule has 1 amide bonds. The molecule has 3 aliphatic rings. The van der Waals surface area contributed by atoms with E-state index in [-0.39, 0.29) is 29.8 Å². The maximum Gasteiger partial charge on any atom is 0.253 e. The summed E-state index contributed by atoms with van der Waals surface area (Å²) in [5.74, 6) is 0.524. The molecule has 1 aromatic carbocycles. The van der Waals surface area contributed by atoms with Crippen molar-refractivity contribution in [3.8, 4) is 0 Å². The van der Waals surface area contributed by atoms with Crippen molar-refractivity contribution in [3.05, 3.63) is 29.8 Å². The molecule has 1 aromatic rings. The molecule has 156 valence electrons. The van der Waals surface area contributed by atoms with Gasteiger partial charge in [-0.15, -0.1) is 12.4 Å². The van der Waals surface area contributed by atoms with Gasteiger partial charge >= 0.3 is 0 Å². The van der Waals surface area contributed by atoms with E-state index in [0.29, 0.717) is 13.1 Å². The number of sulfone groups is 1. The zero-order valence-corrected chi connectivity index (χ0v) is 17.9. The van der Waals surface area contributed by atoms with Gasteiger partial charge < -0.3 is 9.80 Å². The van der Waals surface area contributed by atoms with Gasteiger partial charge in [-0.1, -0.05) is 6.42 Å². The quantitative estimate of drug-likeness (QED) is 0.738. The van der Waals surface area contributed by atoms with E-state index in [4.69, 9.17) is 0 Å². The maximum absolute atomic E-state index is 12.9. The topological polar surface area (TPSA) is 60.9 Å². The van der Waals surface area contributed by atoms with E-state index >= 15 is 0 Å². The Bertz CT molecular complexity index is 766. The highest BCUT2D eigenvalue weighted by atomic mass is 35.5. The number of nitrogens with zero attached hydrogens (tertiary/aromatic N) is 3. The van der Waals surface area contributed by atoms with Crippen LogP contribution in [0, 0.1) is 0 Å². The van der Waals surface area contributed by atoms with Crippen LogP contribution in [0.4, 0.5) is 5.69 Å². The predicted molar refractivity (Wildman–Crippen MR) is 114 cm³/mol. The fourth-order valence-corrected chi connectivity index (χ4v) is 5.43. The number of rotatable bonds is 3. The Labute approximate surface area is 174 Å². The molecule has 0 N–H and O–H groups in total. The second-order valence-corrected chi connectivity index (χ2v) is 10.3. The van der Waals surface area contributed by atoms with Gasteiger partial charge in [0, 0.05) is 56.6 Å². The summed E-state index contributed by atoms with van der Waals surface area (Å²) >= 11 is 0. The molecule has 8 heteroatoms. The van der Waals surface area contributed by atoms with Crippen molar-refractivity contribution in [3.63, 3.8) is 0 Å². The van der Waals surface area contributed by atoms with Crippen molar-refractivity contribution >= 4 is 33.8 Å². The van der Waals surface area contributed by atoms with Gasteiger partial charge in [0.2, 0.25) is 0 Å². The van der Waals surface area contributed by atoms with Crippen LogP contribution >= 0.6 is 12.4 Å². The van der Waals surface area contributed by atoms with Crippen LogP contribution in [0.5, 0.6) is 0 Å². The standard InChI is InChI=1S/C20H29N3O3S.ClH/c24-20(23-10-2-9-21(11-12-23)18-3-1-4-18)17-5-7-19(8-6-17)22-13-15-27(25,26)16-14-22;/h5-8,18H,1-4,9-16H2;1H. The zero-order valence-electron chi connectivity index (χ0n) is 16.3. The van der Waals surface area contributed by atoms with E-state index in [0.717, 1.165) is 49.9 Å². The van der Waals surface area contributed by atoms with Crippen LogP contribution in [0.1, 0.15) is 36.0 Å². The normalized spacial score (nSPS) is 23.4. The van der Waals surface area contributed by atoms with Crippen LogP contribution < -0.4 is 4.90 Å². The average Bonchev–Trinajstić information content (AvgIpc) is 2.86. The minimum atomic E-state index is -2.88. The smallest absolute Gasteiger partial charge is 0.253 e. The fourth-order valence-electron chi connectivity index (χ4n) is 4.23. The number of carbonyl (C=O) groups is 1. The minimum Gasteiger partial charge on any atom is -0.369 e. The van der Waals surface area contributed by atoms with Gasteiger partial charge in [-0.2, -0.15) is 0 Å². The highest BCUT2D eigenvalue weighted by Gasteiger charge is 2.28. The van der Waals surface area contributed by atoms with Crippen LogP contribution in [-0.2, 0) is 9.84 Å². The summed E-state index contributed by atoms with van der Waals surface area (Å²) in [7, 11) is -2.88. The van der Waals surface area contributed by atoms with Crippen LogP contribution in [0.15, 0.2) is 24.3 Å². The highest BCUT2D eigenvalue weighted by molar-refractivity contribution is 7.91. The number of amides is 1. The summed E-state index contributed by atoms with van der Waals surface area (Å²) in [6.07, 6.45) is 5.02. The Morgan fingerprint density at radius 3 is 2.14 bits per heavy atom. The molecule has 0 spiro atoms. The largest absolute Gasteiger partial charge is 0.369 e. The number of hydrogen-bond donors (Lipinski definition) is 0. The number of halogens is 1. The third-order valence-corrected chi connectivity index (χ3v) is 7.84. The van der Waals surface area contributed by atoms with Gasteiger partial charge in [0.05, 0.1) is 11.5 Å². The number of carbonyl (C=O) groups excluding carboxylic acids is 1. The first-order valence-corrected chi connectivity index (χ1v) is 11.9. The summed E-state index contributed by atoms with van der Waals surface area (Å²) in [6, 6.07) is 8.41. The Morgan fingerprint density at radius 2 is 1.54 bits per heavy atom. The molecule has 6 nitrogen and oxygen atoms in total. The summed E-state index contributed by atoms with van der Waals surface area (Å²) in [6.45, 7) is 4.77. The van der Waals surface area contributed by atoms with Gasteiger partial charge in [0.25, 0.3) is 5.91 Å². The van der Waals surface area contributed by atoms with Crippen molar-refractivity contribution in [1.82, 2.24) is 9.80 Å². The Balaban J connectivity index is 0.00000225. The molecule has 0 bridgehead atoms. The van der Waals surface area contributed by atoms with Crippen LogP contribution in [0.3, 0.4) is 0 Å². The lowest BCUT2D eigenvalue weighted by Gasteiger charge is -2.36. The van der Waals surface area contributed by atoms with Crippen LogP contribution in [0.2, 0.25) is 0 Å². The molecule has 2 saturated heterocycles. The van der Waals surface area contributed by atoms with Gasteiger partial charge in [-0.3, -0.25) is 9.69 Å². The number of benzene rings is 1. The molecular formula is C20H30ClN3O3S. The molecule has 0 unspecified atom stereocenters. The third kappa shape index (κ3) is 4.81. The van der Waals surface area contributed by atoms with E-state index in [9.17, 15) is 13.2 Å². The molecule has 0 radical (unpaired) electrons. The van der Waals surface area contributed by atoms with Gasteiger partial charge in [-0.05, 0) is 43.5 Å².